The molecular weight excluding hydrogens is 793 g/mol. The van der Waals surface area contributed by atoms with Gasteiger partial charge in [0.1, 0.15) is 17.3 Å². The number of esters is 1. The second-order valence-corrected chi connectivity index (χ2v) is 19.7. The van der Waals surface area contributed by atoms with Crippen LogP contribution in [0.2, 0.25) is 0 Å². The second kappa shape index (κ2) is 25.5. The summed E-state index contributed by atoms with van der Waals surface area (Å²) < 4.78 is 13.5. The van der Waals surface area contributed by atoms with E-state index in [0.29, 0.717) is 30.6 Å². The minimum atomic E-state index is -1.89. The van der Waals surface area contributed by atoms with Crippen LogP contribution in [0.15, 0.2) is 71.9 Å². The molecule has 9 heteroatoms. The standard InChI is InChI=1S/C54H84O9/c1-6-7-8-9-10-11-19-23-26-29-32-35-47(58)63-50-42(3)53(61)44(38-43(40-55)39-52(60)45(53)37-41(2)49(52)59)48-51(4,5)54(48,50)62-36-33-30-27-24-21-18-16-14-12-13-15-17-20-22-25-28-31-34-46(56)57/h12,14-15,17-18,21-22,25,37-38,42,44-45,48,50,55,60-61H,6-11,13,16,19-20,23-24,26-36,39-40H2,1-5H3,(H,56,57)/t42-,44+,45-,48-,50-,52-,53-,54-/m1/s1. The van der Waals surface area contributed by atoms with Crippen LogP contribution in [0.4, 0.5) is 0 Å². The number of fused-ring (bicyclic) bond motifs is 5. The summed E-state index contributed by atoms with van der Waals surface area (Å²) in [5.41, 5.74) is -3.98. The molecule has 0 saturated heterocycles. The second-order valence-electron chi connectivity index (χ2n) is 19.7. The fourth-order valence-electron chi connectivity index (χ4n) is 11.3. The number of unbranched alkanes of at least 4 members (excludes halogenated alkanes) is 14. The normalized spacial score (nSPS) is 29.8. The summed E-state index contributed by atoms with van der Waals surface area (Å²) in [4.78, 5) is 37.9. The van der Waals surface area contributed by atoms with E-state index in [2.05, 4.69) is 63.3 Å². The third-order valence-corrected chi connectivity index (χ3v) is 14.8. The third-order valence-electron chi connectivity index (χ3n) is 14.8. The number of aliphatic hydroxyl groups is 3. The van der Waals surface area contributed by atoms with Crippen LogP contribution in [0, 0.1) is 29.1 Å². The van der Waals surface area contributed by atoms with E-state index in [0.717, 1.165) is 70.6 Å². The molecular formula is C54H84O9. The van der Waals surface area contributed by atoms with Crippen LogP contribution in [-0.4, -0.2) is 74.3 Å². The fraction of sp³-hybridized carbons (Fsp3) is 0.722. The minimum absolute atomic E-state index is 0.0579. The highest BCUT2D eigenvalue weighted by atomic mass is 16.6. The number of ketones is 1. The van der Waals surface area contributed by atoms with Crippen LogP contribution in [0.5, 0.6) is 0 Å². The monoisotopic (exact) mass is 877 g/mol. The molecule has 0 aromatic rings. The molecule has 63 heavy (non-hydrogen) atoms. The van der Waals surface area contributed by atoms with Gasteiger partial charge in [-0.3, -0.25) is 14.4 Å². The van der Waals surface area contributed by atoms with Crippen molar-refractivity contribution in [2.75, 3.05) is 13.2 Å². The van der Waals surface area contributed by atoms with Crippen LogP contribution >= 0.6 is 0 Å². The Morgan fingerprint density at radius 2 is 1.29 bits per heavy atom. The topological polar surface area (TPSA) is 151 Å². The Balaban J connectivity index is 1.33. The van der Waals surface area contributed by atoms with E-state index in [9.17, 15) is 29.7 Å². The number of carbonyl (C=O) groups is 3. The summed E-state index contributed by atoms with van der Waals surface area (Å²) >= 11 is 0. The van der Waals surface area contributed by atoms with Crippen molar-refractivity contribution >= 4 is 17.7 Å². The van der Waals surface area contributed by atoms with Crippen molar-refractivity contribution in [1.29, 1.82) is 0 Å². The number of carboxylic acid groups (broad SMARTS) is 1. The van der Waals surface area contributed by atoms with E-state index in [4.69, 9.17) is 14.6 Å². The molecule has 4 rings (SSSR count). The maximum Gasteiger partial charge on any atom is 0.306 e. The highest BCUT2D eigenvalue weighted by molar-refractivity contribution is 6.04. The van der Waals surface area contributed by atoms with Crippen LogP contribution < -0.4 is 0 Å². The molecule has 0 amide bonds. The fourth-order valence-corrected chi connectivity index (χ4v) is 11.3. The summed E-state index contributed by atoms with van der Waals surface area (Å²) in [6.07, 6.45) is 41.4. The van der Waals surface area contributed by atoms with Gasteiger partial charge in [0.15, 0.2) is 5.78 Å². The molecule has 0 unspecified atom stereocenters. The first kappa shape index (κ1) is 52.5. The van der Waals surface area contributed by atoms with E-state index < -0.39 is 57.8 Å². The zero-order valence-electron chi connectivity index (χ0n) is 39.7. The zero-order chi connectivity index (χ0) is 45.9. The van der Waals surface area contributed by atoms with Gasteiger partial charge < -0.3 is 29.9 Å². The average molecular weight is 877 g/mol. The first-order valence-electron chi connectivity index (χ1n) is 24.9. The number of allylic oxidation sites excluding steroid dienone is 8. The lowest BCUT2D eigenvalue weighted by Crippen LogP contribution is -2.66. The number of ether oxygens (including phenoxy) is 2. The van der Waals surface area contributed by atoms with Crippen LogP contribution in [0.25, 0.3) is 0 Å². The molecule has 8 atom stereocenters. The van der Waals surface area contributed by atoms with Gasteiger partial charge in [-0.15, -0.1) is 0 Å². The first-order valence-corrected chi connectivity index (χ1v) is 24.9. The minimum Gasteiger partial charge on any atom is -0.481 e. The summed E-state index contributed by atoms with van der Waals surface area (Å²) in [7, 11) is 0. The quantitative estimate of drug-likeness (QED) is 0.0303. The van der Waals surface area contributed by atoms with Gasteiger partial charge in [0.05, 0.1) is 12.2 Å². The van der Waals surface area contributed by atoms with Gasteiger partial charge in [0.25, 0.3) is 0 Å². The lowest BCUT2D eigenvalue weighted by atomic mass is 9.59. The number of hydrogen-bond donors (Lipinski definition) is 4. The molecule has 4 aliphatic rings. The number of aliphatic carboxylic acids is 1. The molecule has 0 aromatic heterocycles. The largest absolute Gasteiger partial charge is 0.481 e. The number of carbonyl (C=O) groups excluding carboxylic acids is 2. The molecule has 0 spiro atoms. The zero-order valence-corrected chi connectivity index (χ0v) is 39.7. The Morgan fingerprint density at radius 3 is 1.86 bits per heavy atom. The first-order chi connectivity index (χ1) is 30.2. The summed E-state index contributed by atoms with van der Waals surface area (Å²) in [6, 6.07) is 0. The Morgan fingerprint density at radius 1 is 0.746 bits per heavy atom. The molecule has 0 radical (unpaired) electrons. The van der Waals surface area contributed by atoms with Crippen LogP contribution in [0.1, 0.15) is 182 Å². The highest BCUT2D eigenvalue weighted by Gasteiger charge is 2.86. The molecule has 0 aliphatic heterocycles. The predicted molar refractivity (Wildman–Crippen MR) is 252 cm³/mol. The average Bonchev–Trinajstić information content (AvgIpc) is 3.69. The lowest BCUT2D eigenvalue weighted by Gasteiger charge is -2.53. The van der Waals surface area contributed by atoms with Crippen LogP contribution in [0.3, 0.4) is 0 Å². The van der Waals surface area contributed by atoms with Crippen molar-refractivity contribution in [3.05, 3.63) is 71.9 Å². The molecule has 2 fully saturated rings. The van der Waals surface area contributed by atoms with Gasteiger partial charge in [-0.1, -0.05) is 159 Å². The van der Waals surface area contributed by atoms with Gasteiger partial charge in [-0.2, -0.15) is 0 Å². The van der Waals surface area contributed by atoms with Gasteiger partial charge in [-0.05, 0) is 75.9 Å². The summed E-state index contributed by atoms with van der Waals surface area (Å²) in [5, 5.41) is 44.4. The van der Waals surface area contributed by atoms with E-state index in [1.165, 1.54) is 51.4 Å². The number of rotatable bonds is 31. The van der Waals surface area contributed by atoms with E-state index >= 15 is 0 Å². The van der Waals surface area contributed by atoms with Crippen molar-refractivity contribution in [2.24, 2.45) is 29.1 Å². The highest BCUT2D eigenvalue weighted by Crippen LogP contribution is 2.77. The number of hydrogen-bond acceptors (Lipinski definition) is 8. The number of aliphatic hydroxyl groups excluding tert-OH is 1. The third kappa shape index (κ3) is 13.3. The molecule has 4 aliphatic carbocycles. The van der Waals surface area contributed by atoms with Gasteiger partial charge >= 0.3 is 11.9 Å². The predicted octanol–water partition coefficient (Wildman–Crippen LogP) is 11.4. The van der Waals surface area contributed by atoms with Gasteiger partial charge in [-0.25, -0.2) is 0 Å². The molecule has 0 heterocycles. The summed E-state index contributed by atoms with van der Waals surface area (Å²) in [6.45, 7) is 10.2. The Labute approximate surface area is 380 Å². The maximum atomic E-state index is 13.8. The maximum absolute atomic E-state index is 13.8. The number of carboxylic acids is 1. The molecule has 9 nitrogen and oxygen atoms in total. The smallest absolute Gasteiger partial charge is 0.306 e. The SMILES string of the molecule is CCCCCCCCCCCCCC(=O)O[C@@H]1[C@@H](C)[C@@]2(O)[C@@H](C=C(CO)C[C@]3(O)C(=O)C(C)=C[C@@H]23)[C@@H]2C(C)(C)[C@]12OCCCCCC=CCC=CCC=CCC=CCCCC(=O)O. The van der Waals surface area contributed by atoms with Gasteiger partial charge in [0.2, 0.25) is 0 Å². The Hall–Kier alpha value is -3.11. The Kier molecular flexibility index (Phi) is 21.3. The Bertz CT molecular complexity index is 1650. The van der Waals surface area contributed by atoms with Crippen molar-refractivity contribution < 1.29 is 44.3 Å². The number of Topliss-reactive ketones (excluding diaryl/α,β-unsaturated/α-hetero) is 1. The molecule has 354 valence electrons. The van der Waals surface area contributed by atoms with Crippen molar-refractivity contribution in [3.8, 4) is 0 Å². The van der Waals surface area contributed by atoms with Gasteiger partial charge in [0, 0.05) is 55.0 Å². The van der Waals surface area contributed by atoms with Crippen LogP contribution in [-0.2, 0) is 23.9 Å². The van der Waals surface area contributed by atoms with E-state index in [1.54, 1.807) is 13.0 Å². The molecule has 0 aromatic carbocycles. The summed E-state index contributed by atoms with van der Waals surface area (Å²) in [5.74, 6) is -3.89. The molecule has 4 N–H and O–H groups in total. The van der Waals surface area contributed by atoms with Crippen molar-refractivity contribution in [1.82, 2.24) is 0 Å². The van der Waals surface area contributed by atoms with E-state index in [1.807, 2.05) is 19.1 Å². The molecule has 2 saturated carbocycles. The molecule has 0 bridgehead atoms. The van der Waals surface area contributed by atoms with Crippen molar-refractivity contribution in [2.45, 2.75) is 205 Å². The lowest BCUT2D eigenvalue weighted by molar-refractivity contribution is -0.229. The van der Waals surface area contributed by atoms with E-state index in [-0.39, 0.29) is 31.3 Å². The van der Waals surface area contributed by atoms with Crippen molar-refractivity contribution in [3.63, 3.8) is 0 Å².